The summed E-state index contributed by atoms with van der Waals surface area (Å²) in [7, 11) is 0. The number of carbonyl (C=O) groups is 1. The molecule has 0 aliphatic heterocycles. The first kappa shape index (κ1) is 22.2. The third-order valence-corrected chi connectivity index (χ3v) is 2.96. The number of benzene rings is 2. The van der Waals surface area contributed by atoms with Gasteiger partial charge in [-0.05, 0) is 58.9 Å². The van der Waals surface area contributed by atoms with E-state index in [0.29, 0.717) is 18.9 Å². The van der Waals surface area contributed by atoms with Gasteiger partial charge >= 0.3 is 6.09 Å². The van der Waals surface area contributed by atoms with E-state index in [1.165, 1.54) is 0 Å². The van der Waals surface area contributed by atoms with Gasteiger partial charge in [-0.1, -0.05) is 12.1 Å². The Balaban J connectivity index is 0.000000309. The highest BCUT2D eigenvalue weighted by atomic mass is 16.6. The molecule has 0 radical (unpaired) electrons. The molecule has 6 heteroatoms. The number of anilines is 2. The van der Waals surface area contributed by atoms with E-state index in [4.69, 9.17) is 19.9 Å². The van der Waals surface area contributed by atoms with Crippen LogP contribution in [0.5, 0.6) is 11.5 Å². The van der Waals surface area contributed by atoms with Crippen molar-refractivity contribution in [3.05, 3.63) is 48.5 Å². The number of carbonyl (C=O) groups excluding carboxylic acids is 1. The molecule has 2 aromatic carbocycles. The number of hydrogen-bond donors (Lipinski definition) is 2. The van der Waals surface area contributed by atoms with Crippen LogP contribution in [0.3, 0.4) is 0 Å². The van der Waals surface area contributed by atoms with Gasteiger partial charge in [0.15, 0.2) is 0 Å². The van der Waals surface area contributed by atoms with Crippen LogP contribution in [0.1, 0.15) is 34.6 Å². The van der Waals surface area contributed by atoms with E-state index in [2.05, 4.69) is 5.32 Å². The molecule has 0 unspecified atom stereocenters. The Labute approximate surface area is 161 Å². The summed E-state index contributed by atoms with van der Waals surface area (Å²) in [5.74, 6) is 1.56. The molecule has 148 valence electrons. The molecule has 0 spiro atoms. The molecule has 0 saturated carbocycles. The normalized spacial score (nSPS) is 10.3. The second-order valence-corrected chi connectivity index (χ2v) is 6.59. The van der Waals surface area contributed by atoms with Crippen molar-refractivity contribution in [2.45, 2.75) is 40.2 Å². The lowest BCUT2D eigenvalue weighted by Crippen LogP contribution is -2.27. The largest absolute Gasteiger partial charge is 0.494 e. The molecule has 3 N–H and O–H groups in total. The van der Waals surface area contributed by atoms with E-state index in [-0.39, 0.29) is 0 Å². The van der Waals surface area contributed by atoms with E-state index in [9.17, 15) is 4.79 Å². The predicted molar refractivity (Wildman–Crippen MR) is 109 cm³/mol. The number of rotatable bonds is 5. The number of ether oxygens (including phenoxy) is 3. The highest BCUT2D eigenvalue weighted by Gasteiger charge is 2.16. The third kappa shape index (κ3) is 9.99. The van der Waals surface area contributed by atoms with Gasteiger partial charge in [-0.3, -0.25) is 5.32 Å². The maximum atomic E-state index is 11.5. The lowest BCUT2D eigenvalue weighted by atomic mass is 10.2. The second-order valence-electron chi connectivity index (χ2n) is 6.59. The molecule has 2 rings (SSSR count). The minimum atomic E-state index is -0.498. The van der Waals surface area contributed by atoms with Gasteiger partial charge in [0, 0.05) is 23.5 Å². The summed E-state index contributed by atoms with van der Waals surface area (Å²) in [6.45, 7) is 10.6. The molecular formula is C21H30N2O4. The summed E-state index contributed by atoms with van der Waals surface area (Å²) in [5.41, 5.74) is 6.41. The molecule has 1 amide bonds. The van der Waals surface area contributed by atoms with Crippen LogP contribution in [-0.4, -0.2) is 24.9 Å². The fourth-order valence-corrected chi connectivity index (χ4v) is 2.02. The van der Waals surface area contributed by atoms with Crippen molar-refractivity contribution in [2.24, 2.45) is 0 Å². The van der Waals surface area contributed by atoms with E-state index >= 15 is 0 Å². The number of hydrogen-bond acceptors (Lipinski definition) is 5. The predicted octanol–water partition coefficient (Wildman–Crippen LogP) is 5.10. The van der Waals surface area contributed by atoms with Crippen LogP contribution in [0.2, 0.25) is 0 Å². The summed E-state index contributed by atoms with van der Waals surface area (Å²) in [4.78, 5) is 11.5. The van der Waals surface area contributed by atoms with Crippen LogP contribution in [0.25, 0.3) is 0 Å². The molecule has 0 heterocycles. The SMILES string of the molecule is CCOc1cccc(N)c1.CCOc1cccc(NC(=O)OC(C)(C)C)c1. The summed E-state index contributed by atoms with van der Waals surface area (Å²) >= 11 is 0. The Hall–Kier alpha value is -2.89. The number of nitrogens with one attached hydrogen (secondary N) is 1. The zero-order valence-corrected chi connectivity index (χ0v) is 16.7. The average Bonchev–Trinajstić information content (AvgIpc) is 2.54. The fourth-order valence-electron chi connectivity index (χ4n) is 2.02. The molecule has 0 aliphatic carbocycles. The minimum absolute atomic E-state index is 0.467. The molecule has 0 fully saturated rings. The van der Waals surface area contributed by atoms with Crippen LogP contribution in [0.4, 0.5) is 16.2 Å². The zero-order valence-electron chi connectivity index (χ0n) is 16.7. The van der Waals surface area contributed by atoms with Crippen molar-refractivity contribution in [1.82, 2.24) is 0 Å². The molecule has 0 aromatic heterocycles. The van der Waals surface area contributed by atoms with Crippen LogP contribution in [0, 0.1) is 0 Å². The van der Waals surface area contributed by atoms with Crippen LogP contribution in [0.15, 0.2) is 48.5 Å². The summed E-state index contributed by atoms with van der Waals surface area (Å²) in [6.07, 6.45) is -0.467. The van der Waals surface area contributed by atoms with Crippen molar-refractivity contribution < 1.29 is 19.0 Å². The van der Waals surface area contributed by atoms with Gasteiger partial charge in [0.1, 0.15) is 17.1 Å². The number of nitrogen functional groups attached to an aromatic ring is 1. The molecular weight excluding hydrogens is 344 g/mol. The quantitative estimate of drug-likeness (QED) is 0.712. The topological polar surface area (TPSA) is 82.8 Å². The van der Waals surface area contributed by atoms with E-state index in [1.54, 1.807) is 12.1 Å². The first-order chi connectivity index (χ1) is 12.7. The Kier molecular flexibility index (Phi) is 8.99. The monoisotopic (exact) mass is 374 g/mol. The summed E-state index contributed by atoms with van der Waals surface area (Å²) < 4.78 is 15.7. The summed E-state index contributed by atoms with van der Waals surface area (Å²) in [6, 6.07) is 14.6. The molecule has 6 nitrogen and oxygen atoms in total. The van der Waals surface area contributed by atoms with Crippen molar-refractivity contribution in [1.29, 1.82) is 0 Å². The molecule has 2 aromatic rings. The second kappa shape index (κ2) is 11.0. The molecule has 0 atom stereocenters. The lowest BCUT2D eigenvalue weighted by Gasteiger charge is -2.19. The maximum Gasteiger partial charge on any atom is 0.412 e. The van der Waals surface area contributed by atoms with Crippen molar-refractivity contribution in [3.63, 3.8) is 0 Å². The third-order valence-electron chi connectivity index (χ3n) is 2.96. The van der Waals surface area contributed by atoms with Gasteiger partial charge < -0.3 is 19.9 Å². The van der Waals surface area contributed by atoms with Gasteiger partial charge in [-0.15, -0.1) is 0 Å². The average molecular weight is 374 g/mol. The molecule has 0 bridgehead atoms. The maximum absolute atomic E-state index is 11.5. The Morgan fingerprint density at radius 2 is 1.52 bits per heavy atom. The van der Waals surface area contributed by atoms with Crippen molar-refractivity contribution in [2.75, 3.05) is 24.3 Å². The van der Waals surface area contributed by atoms with E-state index in [0.717, 1.165) is 17.2 Å². The zero-order chi connectivity index (χ0) is 20.3. The van der Waals surface area contributed by atoms with Gasteiger partial charge in [0.2, 0.25) is 0 Å². The van der Waals surface area contributed by atoms with E-state index < -0.39 is 11.7 Å². The van der Waals surface area contributed by atoms with Gasteiger partial charge in [0.05, 0.1) is 13.2 Å². The van der Waals surface area contributed by atoms with Crippen LogP contribution < -0.4 is 20.5 Å². The van der Waals surface area contributed by atoms with Crippen molar-refractivity contribution in [3.8, 4) is 11.5 Å². The highest BCUT2D eigenvalue weighted by molar-refractivity contribution is 5.85. The fraction of sp³-hybridized carbons (Fsp3) is 0.381. The van der Waals surface area contributed by atoms with Crippen LogP contribution >= 0.6 is 0 Å². The lowest BCUT2D eigenvalue weighted by molar-refractivity contribution is 0.0636. The van der Waals surface area contributed by atoms with Crippen molar-refractivity contribution >= 4 is 17.5 Å². The molecule has 0 aliphatic rings. The van der Waals surface area contributed by atoms with Gasteiger partial charge in [-0.25, -0.2) is 4.79 Å². The standard InChI is InChI=1S/C13H19NO3.C8H11NO/c1-5-16-11-8-6-7-10(9-11)14-12(15)17-13(2,3)4;1-2-10-8-5-3-4-7(9)6-8/h6-9H,5H2,1-4H3,(H,14,15);3-6H,2,9H2,1H3. The molecule has 0 saturated heterocycles. The highest BCUT2D eigenvalue weighted by Crippen LogP contribution is 2.18. The Morgan fingerprint density at radius 1 is 0.963 bits per heavy atom. The Bertz CT molecular complexity index is 711. The molecule has 27 heavy (non-hydrogen) atoms. The van der Waals surface area contributed by atoms with Gasteiger partial charge in [0.25, 0.3) is 0 Å². The smallest absolute Gasteiger partial charge is 0.412 e. The Morgan fingerprint density at radius 3 is 2.04 bits per heavy atom. The van der Waals surface area contributed by atoms with Crippen LogP contribution in [-0.2, 0) is 4.74 Å². The number of amides is 1. The number of nitrogens with two attached hydrogens (primary N) is 1. The first-order valence-electron chi connectivity index (χ1n) is 8.94. The first-order valence-corrected chi connectivity index (χ1v) is 8.94. The van der Waals surface area contributed by atoms with Gasteiger partial charge in [-0.2, -0.15) is 0 Å². The summed E-state index contributed by atoms with van der Waals surface area (Å²) in [5, 5.41) is 2.66. The minimum Gasteiger partial charge on any atom is -0.494 e. The van der Waals surface area contributed by atoms with E-state index in [1.807, 2.05) is 71.0 Å².